The van der Waals surface area contributed by atoms with Crippen LogP contribution in [0.2, 0.25) is 0 Å². The lowest BCUT2D eigenvalue weighted by molar-refractivity contribution is -0.206. The summed E-state index contributed by atoms with van der Waals surface area (Å²) in [4.78, 5) is 0. The standard InChI is InChI=1S/C11H22O2.2C10H20O3.C10H20O2.C9H18O4.2C9H18O3/c1-7(2)10-11(12-5)9(4)8(3)6-13-10;1-6(2)9-10(12-4)7(3)8(11)5-13-9;1-6(2)9-10(12-4)8(11)7(3)5-13-9;1-6(2)10-9(11)8(4)7(3)5-12-10;1-5(2)8-9(12-3)7(11)6(10)4-13-8;1-5(2)9-8(11)6(3)7(10)4-12-9;1-5(2)9-8(11)7(10)6(3)4-12-9/h7-11H,6H2,1-5H3;2*6-11H,5H2,1-4H3;6-11H,5H2,1-4H3;5-11H,4H2,1-3H3;2*5-11H,4H2,1-3H3/t8-,9+,10?,11-;7-,8+,9?,10+;7-,8+,9?,10-;7-,8+,9-,10?;6-,7+,8?,9-;6-,7+,8+,9?;6-,7+,8-,9?/m1011101/s1. The number of aliphatic hydroxyl groups excluding tert-OH is 9. The molecule has 7 unspecified atom stereocenters. The molecule has 7 fully saturated rings. The van der Waals surface area contributed by atoms with Crippen molar-refractivity contribution in [2.75, 3.05) is 74.7 Å². The smallest absolute Gasteiger partial charge is 0.112 e. The van der Waals surface area contributed by atoms with Crippen molar-refractivity contribution in [1.29, 1.82) is 0 Å². The third-order valence-electron chi connectivity index (χ3n) is 19.3. The minimum atomic E-state index is -0.842. The van der Waals surface area contributed by atoms with E-state index in [1.54, 1.807) is 21.3 Å². The predicted molar refractivity (Wildman–Crippen MR) is 343 cm³/mol. The molecule has 88 heavy (non-hydrogen) atoms. The van der Waals surface area contributed by atoms with Gasteiger partial charge in [0.1, 0.15) is 30.5 Å². The highest BCUT2D eigenvalue weighted by atomic mass is 16.6. The molecule has 528 valence electrons. The molecule has 0 aromatic rings. The van der Waals surface area contributed by atoms with Crippen LogP contribution in [-0.2, 0) is 52.1 Å². The summed E-state index contributed by atoms with van der Waals surface area (Å²) in [7, 11) is 6.62. The van der Waals surface area contributed by atoms with E-state index in [2.05, 4.69) is 83.1 Å². The lowest BCUT2D eigenvalue weighted by atomic mass is 9.82. The van der Waals surface area contributed by atoms with Gasteiger partial charge in [-0.3, -0.25) is 0 Å². The third kappa shape index (κ3) is 25.4. The first-order valence-electron chi connectivity index (χ1n) is 33.5. The van der Waals surface area contributed by atoms with Gasteiger partial charge in [-0.15, -0.1) is 0 Å². The Hall–Kier alpha value is -0.800. The topological polar surface area (TPSA) is 284 Å². The first kappa shape index (κ1) is 85.2. The van der Waals surface area contributed by atoms with Crippen LogP contribution < -0.4 is 0 Å². The number of ether oxygens (including phenoxy) is 11. The van der Waals surface area contributed by atoms with Gasteiger partial charge in [-0.05, 0) is 65.1 Å². The van der Waals surface area contributed by atoms with Gasteiger partial charge in [0.15, 0.2) is 0 Å². The second kappa shape index (κ2) is 41.9. The molecule has 0 radical (unpaired) electrons. The van der Waals surface area contributed by atoms with Gasteiger partial charge in [0.05, 0.1) is 125 Å². The molecule has 0 spiro atoms. The average molecular weight is 1270 g/mol. The van der Waals surface area contributed by atoms with Gasteiger partial charge in [-0.25, -0.2) is 0 Å². The molecule has 0 amide bonds. The zero-order valence-corrected chi connectivity index (χ0v) is 59.7. The molecule has 7 rings (SSSR count). The Labute approximate surface area is 534 Å². The highest BCUT2D eigenvalue weighted by Crippen LogP contribution is 2.33. The third-order valence-corrected chi connectivity index (χ3v) is 19.3. The van der Waals surface area contributed by atoms with Crippen LogP contribution in [0.5, 0.6) is 0 Å². The van der Waals surface area contributed by atoms with E-state index in [4.69, 9.17) is 52.1 Å². The molecule has 0 aromatic carbocycles. The van der Waals surface area contributed by atoms with Crippen LogP contribution in [-0.4, -0.2) is 243 Å². The van der Waals surface area contributed by atoms with Gasteiger partial charge >= 0.3 is 0 Å². The SMILES string of the molecule is CC(C)C1OC[C@@H](C)[C@H](C)[C@H]1O.CC(C)C1OC[C@@H](C)[C@H](O)[C@H]1O.CC(C)C1OC[C@@H](O)[C@H](C)[C@H]1O.CO[C@H]1C(C(C)C)OC[C@@H](C)[C@@H]1C.CO[C@H]1C(C(C)C)OC[C@@H](C)[C@@H]1O.CO[C@H]1C(C(C)C)OC[C@@H](O)[C@@H]1C.CO[C@H]1C(C(C)C)OC[C@@H](O)[C@@H]1O. The fraction of sp³-hybridized carbons (Fsp3) is 1.00. The number of hydrogen-bond acceptors (Lipinski definition) is 20. The number of hydrogen-bond donors (Lipinski definition) is 9. The summed E-state index contributed by atoms with van der Waals surface area (Å²) in [5, 5.41) is 86.4. The highest BCUT2D eigenvalue weighted by Gasteiger charge is 2.44. The minimum Gasteiger partial charge on any atom is -0.390 e. The molecule has 0 saturated carbocycles. The maximum absolute atomic E-state index is 9.85. The predicted octanol–water partition coefficient (Wildman–Crippen LogP) is 6.69. The van der Waals surface area contributed by atoms with Gasteiger partial charge in [-0.2, -0.15) is 0 Å². The molecule has 20 heteroatoms. The normalized spacial score (nSPS) is 42.1. The summed E-state index contributed by atoms with van der Waals surface area (Å²) in [5.74, 6) is 4.94. The van der Waals surface area contributed by atoms with E-state index in [1.165, 1.54) is 7.11 Å². The van der Waals surface area contributed by atoms with Crippen LogP contribution in [0.1, 0.15) is 152 Å². The maximum Gasteiger partial charge on any atom is 0.112 e. The van der Waals surface area contributed by atoms with Crippen LogP contribution in [0.15, 0.2) is 0 Å². The van der Waals surface area contributed by atoms with Crippen molar-refractivity contribution in [2.24, 2.45) is 88.8 Å². The first-order chi connectivity index (χ1) is 40.9. The fourth-order valence-corrected chi connectivity index (χ4v) is 12.3. The minimum absolute atomic E-state index is 0.0174. The van der Waals surface area contributed by atoms with Crippen molar-refractivity contribution in [3.05, 3.63) is 0 Å². The summed E-state index contributed by atoms with van der Waals surface area (Å²) in [6.07, 6.45) is -5.50. The maximum atomic E-state index is 9.85. The molecule has 28 atom stereocenters. The molecule has 0 bridgehead atoms. The van der Waals surface area contributed by atoms with Crippen molar-refractivity contribution in [1.82, 2.24) is 0 Å². The van der Waals surface area contributed by atoms with E-state index in [0.717, 1.165) is 13.2 Å². The number of rotatable bonds is 11. The molecule has 7 saturated heterocycles. The molecular formula is C68H136O20. The second-order valence-electron chi connectivity index (χ2n) is 29.1. The van der Waals surface area contributed by atoms with E-state index in [-0.39, 0.29) is 115 Å². The van der Waals surface area contributed by atoms with E-state index in [9.17, 15) is 46.0 Å². The van der Waals surface area contributed by atoms with E-state index >= 15 is 0 Å². The molecule has 20 nitrogen and oxygen atoms in total. The largest absolute Gasteiger partial charge is 0.390 e. The van der Waals surface area contributed by atoms with Gasteiger partial charge in [0.2, 0.25) is 0 Å². The van der Waals surface area contributed by atoms with Crippen LogP contribution in [0.3, 0.4) is 0 Å². The molecule has 7 heterocycles. The molecule has 7 aliphatic heterocycles. The summed E-state index contributed by atoms with van der Waals surface area (Å²) in [6.45, 7) is 49.2. The van der Waals surface area contributed by atoms with Crippen LogP contribution in [0.4, 0.5) is 0 Å². The van der Waals surface area contributed by atoms with E-state index in [1.807, 2.05) is 69.2 Å². The van der Waals surface area contributed by atoms with E-state index in [0.29, 0.717) is 79.7 Å². The Balaban J connectivity index is 0.000000513. The van der Waals surface area contributed by atoms with Crippen molar-refractivity contribution in [3.8, 4) is 0 Å². The first-order valence-corrected chi connectivity index (χ1v) is 33.5. The Morgan fingerprint density at radius 2 is 0.489 bits per heavy atom. The Bertz CT molecular complexity index is 1540. The lowest BCUT2D eigenvalue weighted by Crippen LogP contribution is -2.55. The van der Waals surface area contributed by atoms with Crippen molar-refractivity contribution < 1.29 is 98.1 Å². The molecular weight excluding hydrogens is 1140 g/mol. The Morgan fingerprint density at radius 3 is 0.864 bits per heavy atom. The average Bonchev–Trinajstić information content (AvgIpc) is 3.61. The van der Waals surface area contributed by atoms with Crippen LogP contribution in [0, 0.1) is 88.8 Å². The summed E-state index contributed by atoms with van der Waals surface area (Å²) >= 11 is 0. The van der Waals surface area contributed by atoms with Crippen molar-refractivity contribution in [3.63, 3.8) is 0 Å². The summed E-state index contributed by atoms with van der Waals surface area (Å²) < 4.78 is 60.0. The molecule has 0 aromatic heterocycles. The van der Waals surface area contributed by atoms with Gasteiger partial charge in [-0.1, -0.05) is 152 Å². The highest BCUT2D eigenvalue weighted by molar-refractivity contribution is 4.92. The van der Waals surface area contributed by atoms with E-state index < -0.39 is 48.8 Å². The second-order valence-corrected chi connectivity index (χ2v) is 29.1. The zero-order valence-electron chi connectivity index (χ0n) is 59.7. The molecule has 7 aliphatic rings. The quantitative estimate of drug-likeness (QED) is 0.104. The van der Waals surface area contributed by atoms with Gasteiger partial charge < -0.3 is 98.1 Å². The molecule has 9 N–H and O–H groups in total. The monoisotopic (exact) mass is 1270 g/mol. The van der Waals surface area contributed by atoms with Crippen LogP contribution >= 0.6 is 0 Å². The van der Waals surface area contributed by atoms with Crippen molar-refractivity contribution in [2.45, 2.75) is 274 Å². The summed E-state index contributed by atoms with van der Waals surface area (Å²) in [5.41, 5.74) is 0. The zero-order chi connectivity index (χ0) is 67.9. The van der Waals surface area contributed by atoms with Crippen LogP contribution in [0.25, 0.3) is 0 Å². The molecule has 0 aliphatic carbocycles. The summed E-state index contributed by atoms with van der Waals surface area (Å²) in [6, 6.07) is 0. The van der Waals surface area contributed by atoms with Gasteiger partial charge in [0, 0.05) is 65.3 Å². The Morgan fingerprint density at radius 1 is 0.239 bits per heavy atom. The lowest BCUT2D eigenvalue weighted by Gasteiger charge is -2.41. The fourth-order valence-electron chi connectivity index (χ4n) is 12.3. The number of methoxy groups -OCH3 is 4. The van der Waals surface area contributed by atoms with Crippen molar-refractivity contribution >= 4 is 0 Å². The number of aliphatic hydroxyl groups is 9. The van der Waals surface area contributed by atoms with Gasteiger partial charge in [0.25, 0.3) is 0 Å². The Kier molecular flexibility index (Phi) is 40.6.